The zero-order valence-corrected chi connectivity index (χ0v) is 8.95. The number of hydrogen-bond acceptors (Lipinski definition) is 5. The van der Waals surface area contributed by atoms with E-state index in [9.17, 15) is 4.79 Å². The largest absolute Gasteiger partial charge is 0.476 e. The van der Waals surface area contributed by atoms with E-state index in [4.69, 9.17) is 5.11 Å². The van der Waals surface area contributed by atoms with E-state index >= 15 is 0 Å². The number of aromatic nitrogens is 4. The van der Waals surface area contributed by atoms with Gasteiger partial charge in [-0.15, -0.1) is 10.2 Å². The smallest absolute Gasteiger partial charge is 0.356 e. The third kappa shape index (κ3) is 3.00. The molecule has 2 heterocycles. The predicted octanol–water partition coefficient (Wildman–Crippen LogP) is 0.483. The van der Waals surface area contributed by atoms with Crippen molar-refractivity contribution in [2.45, 2.75) is 6.54 Å². The Kier molecular flexibility index (Phi) is 3.29. The van der Waals surface area contributed by atoms with Gasteiger partial charge < -0.3 is 10.4 Å². The highest BCUT2D eigenvalue weighted by molar-refractivity contribution is 5.85. The number of carbonyl (C=O) groups is 1. The first-order chi connectivity index (χ1) is 8.25. The quantitative estimate of drug-likeness (QED) is 0.780. The number of carboxylic acids is 1. The Labute approximate surface area is 97.1 Å². The van der Waals surface area contributed by atoms with E-state index in [1.54, 1.807) is 16.9 Å². The van der Waals surface area contributed by atoms with Gasteiger partial charge in [0.2, 0.25) is 0 Å². The van der Waals surface area contributed by atoms with Crippen molar-refractivity contribution in [3.8, 4) is 0 Å². The molecular formula is C10H11N5O2. The summed E-state index contributed by atoms with van der Waals surface area (Å²) in [6, 6.07) is 4.84. The lowest BCUT2D eigenvalue weighted by Crippen LogP contribution is -2.12. The van der Waals surface area contributed by atoms with Crippen LogP contribution in [0, 0.1) is 0 Å². The Hall–Kier alpha value is -2.44. The van der Waals surface area contributed by atoms with Gasteiger partial charge in [0.25, 0.3) is 0 Å². The molecule has 0 bridgehead atoms. The van der Waals surface area contributed by atoms with Gasteiger partial charge in [0.05, 0.1) is 6.54 Å². The molecule has 88 valence electrons. The van der Waals surface area contributed by atoms with E-state index in [1.807, 2.05) is 12.3 Å². The molecule has 0 aliphatic rings. The maximum Gasteiger partial charge on any atom is 0.356 e. The average Bonchev–Trinajstić information content (AvgIpc) is 2.83. The third-order valence-electron chi connectivity index (χ3n) is 2.09. The summed E-state index contributed by atoms with van der Waals surface area (Å²) >= 11 is 0. The molecule has 7 heteroatoms. The van der Waals surface area contributed by atoms with E-state index in [0.717, 1.165) is 0 Å². The summed E-state index contributed by atoms with van der Waals surface area (Å²) in [5, 5.41) is 23.0. The molecule has 2 aromatic rings. The van der Waals surface area contributed by atoms with E-state index in [0.29, 0.717) is 18.9 Å². The molecule has 7 nitrogen and oxygen atoms in total. The van der Waals surface area contributed by atoms with Crippen LogP contribution in [0.2, 0.25) is 0 Å². The predicted molar refractivity (Wildman–Crippen MR) is 59.7 cm³/mol. The van der Waals surface area contributed by atoms with Crippen LogP contribution in [0.3, 0.4) is 0 Å². The van der Waals surface area contributed by atoms with E-state index < -0.39 is 5.97 Å². The van der Waals surface area contributed by atoms with Crippen molar-refractivity contribution >= 4 is 11.8 Å². The molecule has 0 saturated carbocycles. The molecule has 2 aromatic heterocycles. The number of hydrogen-bond donors (Lipinski definition) is 2. The fraction of sp³-hybridized carbons (Fsp3) is 0.200. The van der Waals surface area contributed by atoms with Crippen molar-refractivity contribution < 1.29 is 9.90 Å². The molecule has 0 fully saturated rings. The van der Waals surface area contributed by atoms with E-state index in [1.165, 1.54) is 6.07 Å². The molecule has 2 N–H and O–H groups in total. The van der Waals surface area contributed by atoms with Gasteiger partial charge in [-0.1, -0.05) is 0 Å². The molecule has 0 radical (unpaired) electrons. The standard InChI is InChI=1S/C10H11N5O2/c16-10(17)8-2-3-9(14-13-8)11-5-7-15-6-1-4-12-15/h1-4,6H,5,7H2,(H,11,14)(H,16,17). The first-order valence-corrected chi connectivity index (χ1v) is 5.04. The molecule has 17 heavy (non-hydrogen) atoms. The Morgan fingerprint density at radius 1 is 1.41 bits per heavy atom. The van der Waals surface area contributed by atoms with Gasteiger partial charge in [-0.05, 0) is 18.2 Å². The fourth-order valence-corrected chi connectivity index (χ4v) is 1.27. The van der Waals surface area contributed by atoms with Crippen molar-refractivity contribution in [2.75, 3.05) is 11.9 Å². The first kappa shape index (κ1) is 11.1. The van der Waals surface area contributed by atoms with Gasteiger partial charge in [-0.3, -0.25) is 4.68 Å². The lowest BCUT2D eigenvalue weighted by atomic mass is 10.4. The number of nitrogens with zero attached hydrogens (tertiary/aromatic N) is 4. The molecule has 0 aliphatic heterocycles. The van der Waals surface area contributed by atoms with E-state index in [-0.39, 0.29) is 5.69 Å². The van der Waals surface area contributed by atoms with Crippen molar-refractivity contribution in [2.24, 2.45) is 0 Å². The summed E-state index contributed by atoms with van der Waals surface area (Å²) in [7, 11) is 0. The molecule has 0 spiro atoms. The van der Waals surface area contributed by atoms with Crippen molar-refractivity contribution in [3.05, 3.63) is 36.3 Å². The van der Waals surface area contributed by atoms with Crippen LogP contribution in [-0.2, 0) is 6.54 Å². The summed E-state index contributed by atoms with van der Waals surface area (Å²) in [5.74, 6) is -0.539. The number of rotatable bonds is 5. The van der Waals surface area contributed by atoms with Crippen LogP contribution in [0.15, 0.2) is 30.6 Å². The van der Waals surface area contributed by atoms with Gasteiger partial charge in [0, 0.05) is 18.9 Å². The summed E-state index contributed by atoms with van der Waals surface area (Å²) in [5.41, 5.74) is -0.0670. The Bertz CT molecular complexity index is 480. The Balaban J connectivity index is 1.85. The van der Waals surface area contributed by atoms with Crippen LogP contribution >= 0.6 is 0 Å². The molecule has 0 amide bonds. The van der Waals surface area contributed by atoms with Gasteiger partial charge in [0.15, 0.2) is 5.69 Å². The van der Waals surface area contributed by atoms with Gasteiger partial charge in [0.1, 0.15) is 5.82 Å². The fourth-order valence-electron chi connectivity index (χ4n) is 1.27. The van der Waals surface area contributed by atoms with Crippen molar-refractivity contribution in [1.29, 1.82) is 0 Å². The second-order valence-electron chi connectivity index (χ2n) is 3.30. The summed E-state index contributed by atoms with van der Waals surface area (Å²) < 4.78 is 1.78. The third-order valence-corrected chi connectivity index (χ3v) is 2.09. The van der Waals surface area contributed by atoms with Gasteiger partial charge in [-0.25, -0.2) is 4.79 Å². The number of nitrogens with one attached hydrogen (secondary N) is 1. The van der Waals surface area contributed by atoms with Crippen molar-refractivity contribution in [3.63, 3.8) is 0 Å². The van der Waals surface area contributed by atoms with E-state index in [2.05, 4.69) is 20.6 Å². The minimum atomic E-state index is -1.08. The zero-order valence-electron chi connectivity index (χ0n) is 8.95. The minimum absolute atomic E-state index is 0.0670. The van der Waals surface area contributed by atoms with Crippen LogP contribution in [0.5, 0.6) is 0 Å². The summed E-state index contributed by atoms with van der Waals surface area (Å²) in [6.45, 7) is 1.35. The topological polar surface area (TPSA) is 92.9 Å². The molecule has 0 saturated heterocycles. The Morgan fingerprint density at radius 3 is 2.88 bits per heavy atom. The minimum Gasteiger partial charge on any atom is -0.476 e. The Morgan fingerprint density at radius 2 is 2.29 bits per heavy atom. The molecular weight excluding hydrogens is 222 g/mol. The number of carboxylic acid groups (broad SMARTS) is 1. The van der Waals surface area contributed by atoms with Crippen LogP contribution < -0.4 is 5.32 Å². The molecule has 0 unspecified atom stereocenters. The second-order valence-corrected chi connectivity index (χ2v) is 3.30. The van der Waals surface area contributed by atoms with Crippen LogP contribution in [0.4, 0.5) is 5.82 Å². The average molecular weight is 233 g/mol. The van der Waals surface area contributed by atoms with Gasteiger partial charge >= 0.3 is 5.97 Å². The normalized spacial score (nSPS) is 10.1. The summed E-state index contributed by atoms with van der Waals surface area (Å²) in [6.07, 6.45) is 3.57. The highest BCUT2D eigenvalue weighted by Crippen LogP contribution is 2.01. The molecule has 0 aliphatic carbocycles. The monoisotopic (exact) mass is 233 g/mol. The summed E-state index contributed by atoms with van der Waals surface area (Å²) in [4.78, 5) is 10.5. The lowest BCUT2D eigenvalue weighted by molar-refractivity contribution is 0.0689. The SMILES string of the molecule is O=C(O)c1ccc(NCCn2cccn2)nn1. The van der Waals surface area contributed by atoms with Crippen molar-refractivity contribution in [1.82, 2.24) is 20.0 Å². The molecule has 0 aromatic carbocycles. The maximum absolute atomic E-state index is 10.5. The molecule has 2 rings (SSSR count). The maximum atomic E-state index is 10.5. The number of anilines is 1. The molecule has 0 atom stereocenters. The number of aromatic carboxylic acids is 1. The van der Waals surface area contributed by atoms with Crippen LogP contribution in [-0.4, -0.2) is 37.6 Å². The van der Waals surface area contributed by atoms with Crippen LogP contribution in [0.1, 0.15) is 10.5 Å². The first-order valence-electron chi connectivity index (χ1n) is 5.04. The lowest BCUT2D eigenvalue weighted by Gasteiger charge is -2.04. The van der Waals surface area contributed by atoms with Gasteiger partial charge in [-0.2, -0.15) is 5.10 Å². The second kappa shape index (κ2) is 5.06. The highest BCUT2D eigenvalue weighted by Gasteiger charge is 2.04. The highest BCUT2D eigenvalue weighted by atomic mass is 16.4. The van der Waals surface area contributed by atoms with Crippen LogP contribution in [0.25, 0.3) is 0 Å². The zero-order chi connectivity index (χ0) is 12.1.